The number of hydrogen-bond acceptors (Lipinski definition) is 6. The minimum Gasteiger partial charge on any atom is -0.497 e. The van der Waals surface area contributed by atoms with E-state index in [1.54, 1.807) is 44.6 Å². The van der Waals surface area contributed by atoms with Gasteiger partial charge in [0.2, 0.25) is 0 Å². The first-order chi connectivity index (χ1) is 15.3. The van der Waals surface area contributed by atoms with Crippen LogP contribution in [-0.4, -0.2) is 54.6 Å². The average Bonchev–Trinajstić information content (AvgIpc) is 2.79. The van der Waals surface area contributed by atoms with Crippen LogP contribution in [0.1, 0.15) is 13.3 Å². The zero-order valence-corrected chi connectivity index (χ0v) is 18.1. The Labute approximate surface area is 184 Å². The van der Waals surface area contributed by atoms with Crippen LogP contribution in [0.4, 0.5) is 4.39 Å². The molecule has 0 amide bonds. The van der Waals surface area contributed by atoms with Crippen LogP contribution < -0.4 is 20.2 Å². The van der Waals surface area contributed by atoms with Crippen LogP contribution in [0.15, 0.2) is 47.4 Å². The lowest BCUT2D eigenvalue weighted by Crippen LogP contribution is -2.30. The van der Waals surface area contributed by atoms with E-state index in [-0.39, 0.29) is 17.4 Å². The van der Waals surface area contributed by atoms with Crippen molar-refractivity contribution in [2.24, 2.45) is 0 Å². The number of pyridine rings is 1. The first-order valence-corrected chi connectivity index (χ1v) is 10.0. The van der Waals surface area contributed by atoms with Gasteiger partial charge in [0.1, 0.15) is 17.3 Å². The van der Waals surface area contributed by atoms with Crippen molar-refractivity contribution in [3.8, 4) is 22.6 Å². The van der Waals surface area contributed by atoms with Crippen LogP contribution in [0, 0.1) is 5.82 Å². The lowest BCUT2D eigenvalue weighted by molar-refractivity contribution is -0.146. The number of nitrogens with one attached hydrogen (secondary N) is 2. The van der Waals surface area contributed by atoms with E-state index < -0.39 is 17.9 Å². The van der Waals surface area contributed by atoms with Crippen LogP contribution in [0.2, 0.25) is 0 Å². The molecule has 0 saturated carbocycles. The molecule has 0 saturated heterocycles. The molecule has 0 aliphatic carbocycles. The number of carboxylic acids is 1. The minimum atomic E-state index is -1.28. The highest BCUT2D eigenvalue weighted by molar-refractivity contribution is 5.88. The molecule has 2 aromatic carbocycles. The Morgan fingerprint density at radius 1 is 1.22 bits per heavy atom. The third-order valence-corrected chi connectivity index (χ3v) is 4.49. The molecular formula is C23H27FN2O6. The number of likely N-dealkylation sites (N-methyl/N-ethyl adjacent to an activating group) is 1. The Balaban J connectivity index is 0.000000390. The van der Waals surface area contributed by atoms with Crippen LogP contribution >= 0.6 is 0 Å². The molecule has 1 heterocycles. The van der Waals surface area contributed by atoms with E-state index in [1.807, 2.05) is 6.92 Å². The number of rotatable bonds is 8. The smallest absolute Gasteiger partial charge is 0.333 e. The third-order valence-electron chi connectivity index (χ3n) is 4.49. The van der Waals surface area contributed by atoms with Crippen molar-refractivity contribution < 1.29 is 28.9 Å². The molecule has 0 aliphatic rings. The first kappa shape index (κ1) is 24.8. The molecule has 0 aliphatic heterocycles. The van der Waals surface area contributed by atoms with E-state index >= 15 is 0 Å². The number of carbonyl (C=O) groups is 1. The number of methoxy groups -OCH3 is 1. The predicted molar refractivity (Wildman–Crippen MR) is 120 cm³/mol. The Morgan fingerprint density at radius 3 is 2.44 bits per heavy atom. The first-order valence-electron chi connectivity index (χ1n) is 10.0. The summed E-state index contributed by atoms with van der Waals surface area (Å²) in [5.41, 5.74) is 1.11. The molecule has 9 heteroatoms. The molecule has 172 valence electrons. The number of aliphatic hydroxyl groups excluding tert-OH is 1. The summed E-state index contributed by atoms with van der Waals surface area (Å²) >= 11 is 0. The van der Waals surface area contributed by atoms with Crippen molar-refractivity contribution in [2.75, 3.05) is 27.3 Å². The number of H-pyrrole nitrogens is 1. The highest BCUT2D eigenvalue weighted by Crippen LogP contribution is 2.27. The van der Waals surface area contributed by atoms with Gasteiger partial charge in [-0.15, -0.1) is 0 Å². The van der Waals surface area contributed by atoms with Gasteiger partial charge in [-0.25, -0.2) is 9.18 Å². The normalized spacial score (nSPS) is 11.4. The monoisotopic (exact) mass is 446 g/mol. The van der Waals surface area contributed by atoms with Crippen molar-refractivity contribution in [1.82, 2.24) is 10.3 Å². The van der Waals surface area contributed by atoms with Gasteiger partial charge in [0.05, 0.1) is 24.6 Å². The van der Waals surface area contributed by atoms with Gasteiger partial charge >= 0.3 is 5.97 Å². The van der Waals surface area contributed by atoms with Gasteiger partial charge in [-0.3, -0.25) is 4.79 Å². The molecule has 4 N–H and O–H groups in total. The minimum absolute atomic E-state index is 0.0110. The van der Waals surface area contributed by atoms with Gasteiger partial charge in [-0.1, -0.05) is 19.1 Å². The fourth-order valence-corrected chi connectivity index (χ4v) is 2.87. The fraction of sp³-hybridized carbons (Fsp3) is 0.304. The van der Waals surface area contributed by atoms with Gasteiger partial charge < -0.3 is 30.0 Å². The number of aliphatic hydroxyl groups is 1. The Morgan fingerprint density at radius 2 is 1.91 bits per heavy atom. The van der Waals surface area contributed by atoms with Crippen molar-refractivity contribution in [2.45, 2.75) is 19.4 Å². The summed E-state index contributed by atoms with van der Waals surface area (Å²) in [7, 11) is 3.15. The number of carboxylic acid groups (broad SMARTS) is 1. The number of halogens is 1. The molecule has 1 atom stereocenters. The number of ether oxygens (including phenoxy) is 2. The quantitative estimate of drug-likeness (QED) is 0.420. The van der Waals surface area contributed by atoms with Crippen LogP contribution in [0.5, 0.6) is 11.5 Å². The summed E-state index contributed by atoms with van der Waals surface area (Å²) in [6.07, 6.45) is 1.14. The second kappa shape index (κ2) is 11.8. The van der Waals surface area contributed by atoms with E-state index in [0.29, 0.717) is 34.7 Å². The van der Waals surface area contributed by atoms with Gasteiger partial charge in [0, 0.05) is 18.3 Å². The van der Waals surface area contributed by atoms with Crippen LogP contribution in [0.3, 0.4) is 0 Å². The highest BCUT2D eigenvalue weighted by Gasteiger charge is 2.15. The highest BCUT2D eigenvalue weighted by atomic mass is 19.1. The SMILES string of the molecule is CCCOc1ccc(F)c2c(=O)c(-c3ccc(OC)cc3)c[nH]c12.CNCC(O)C(=O)O. The van der Waals surface area contributed by atoms with Crippen LogP contribution in [-0.2, 0) is 4.79 Å². The summed E-state index contributed by atoms with van der Waals surface area (Å²) in [5, 5.41) is 19.0. The number of benzene rings is 2. The van der Waals surface area contributed by atoms with Crippen molar-refractivity contribution in [3.05, 3.63) is 58.6 Å². The molecule has 3 aromatic rings. The number of aromatic amines is 1. The molecule has 32 heavy (non-hydrogen) atoms. The summed E-state index contributed by atoms with van der Waals surface area (Å²) in [5.74, 6) is -0.589. The van der Waals surface area contributed by atoms with Gasteiger partial charge in [0.25, 0.3) is 0 Å². The lowest BCUT2D eigenvalue weighted by Gasteiger charge is -2.10. The number of aliphatic carboxylic acids is 1. The van der Waals surface area contributed by atoms with Crippen molar-refractivity contribution >= 4 is 16.9 Å². The summed E-state index contributed by atoms with van der Waals surface area (Å²) in [4.78, 5) is 25.6. The summed E-state index contributed by atoms with van der Waals surface area (Å²) in [6, 6.07) is 9.86. The topological polar surface area (TPSA) is 121 Å². The second-order valence-electron chi connectivity index (χ2n) is 6.82. The largest absolute Gasteiger partial charge is 0.497 e. The van der Waals surface area contributed by atoms with E-state index in [2.05, 4.69) is 10.3 Å². The predicted octanol–water partition coefficient (Wildman–Crippen LogP) is 2.78. The number of fused-ring (bicyclic) bond motifs is 1. The molecule has 8 nitrogen and oxygen atoms in total. The van der Waals surface area contributed by atoms with Crippen molar-refractivity contribution in [1.29, 1.82) is 0 Å². The average molecular weight is 446 g/mol. The zero-order chi connectivity index (χ0) is 23.7. The molecule has 0 spiro atoms. The van der Waals surface area contributed by atoms with Gasteiger partial charge in [-0.05, 0) is 43.3 Å². The Kier molecular flexibility index (Phi) is 9.18. The maximum atomic E-state index is 14.3. The summed E-state index contributed by atoms with van der Waals surface area (Å²) in [6.45, 7) is 2.58. The Bertz CT molecular complexity index is 1100. The maximum Gasteiger partial charge on any atom is 0.333 e. The maximum absolute atomic E-state index is 14.3. The van der Waals surface area contributed by atoms with E-state index in [1.165, 1.54) is 12.1 Å². The van der Waals surface area contributed by atoms with E-state index in [9.17, 15) is 14.0 Å². The van der Waals surface area contributed by atoms with Gasteiger partial charge in [0.15, 0.2) is 11.5 Å². The molecule has 3 rings (SSSR count). The second-order valence-corrected chi connectivity index (χ2v) is 6.82. The summed E-state index contributed by atoms with van der Waals surface area (Å²) < 4.78 is 25.0. The fourth-order valence-electron chi connectivity index (χ4n) is 2.87. The molecule has 1 unspecified atom stereocenters. The molecule has 0 bridgehead atoms. The van der Waals surface area contributed by atoms with Crippen LogP contribution in [0.25, 0.3) is 22.0 Å². The molecule has 0 fully saturated rings. The standard InChI is InChI=1S/C19H18FNO3.C4H9NO3/c1-3-10-24-16-9-8-15(20)17-18(16)21-11-14(19(17)22)12-4-6-13(23-2)7-5-12;1-5-2-3(6)4(7)8/h4-9,11H,3,10H2,1-2H3,(H,21,22);3,5-6H,2H2,1H3,(H,7,8). The molecule has 0 radical (unpaired) electrons. The molecular weight excluding hydrogens is 419 g/mol. The number of aromatic nitrogens is 1. The Hall–Kier alpha value is -3.43. The third kappa shape index (κ3) is 6.05. The van der Waals surface area contributed by atoms with Gasteiger partial charge in [-0.2, -0.15) is 0 Å². The lowest BCUT2D eigenvalue weighted by atomic mass is 10.0. The molecule has 1 aromatic heterocycles. The van der Waals surface area contributed by atoms with E-state index in [0.717, 1.165) is 6.42 Å². The van der Waals surface area contributed by atoms with E-state index in [4.69, 9.17) is 19.7 Å². The van der Waals surface area contributed by atoms with Crippen molar-refractivity contribution in [3.63, 3.8) is 0 Å². The zero-order valence-electron chi connectivity index (χ0n) is 18.1. The number of hydrogen-bond donors (Lipinski definition) is 4.